The van der Waals surface area contributed by atoms with E-state index in [-0.39, 0.29) is 11.3 Å². The monoisotopic (exact) mass is 334 g/mol. The SMILES string of the molecule is Cc1nc(CN(C)C(=O)CC23C[C@H]4C[C@@H](CC(O)(C4)C2)C3)cs1. The molecule has 1 aromatic rings. The van der Waals surface area contributed by atoms with Gasteiger partial charge in [0.25, 0.3) is 0 Å². The Labute approximate surface area is 141 Å². The minimum absolute atomic E-state index is 0.0577. The van der Waals surface area contributed by atoms with E-state index in [1.807, 2.05) is 24.3 Å². The van der Waals surface area contributed by atoms with Crippen molar-refractivity contribution in [2.45, 2.75) is 64.0 Å². The lowest BCUT2D eigenvalue weighted by Gasteiger charge is -2.60. The fourth-order valence-corrected chi connectivity index (χ4v) is 6.48. The van der Waals surface area contributed by atoms with Crippen molar-refractivity contribution in [2.75, 3.05) is 7.05 Å². The molecule has 1 heterocycles. The maximum absolute atomic E-state index is 12.8. The quantitative estimate of drug-likeness (QED) is 0.920. The van der Waals surface area contributed by atoms with Crippen LogP contribution in [0.25, 0.3) is 0 Å². The number of hydrogen-bond donors (Lipinski definition) is 1. The summed E-state index contributed by atoms with van der Waals surface area (Å²) in [7, 11) is 1.88. The van der Waals surface area contributed by atoms with Gasteiger partial charge in [0.1, 0.15) is 0 Å². The topological polar surface area (TPSA) is 53.4 Å². The standard InChI is InChI=1S/C18H26N2O2S/c1-12-19-15(10-23-12)9-20(2)16(21)8-17-4-13-3-14(5-17)7-18(22,6-13)11-17/h10,13-14,22H,3-9,11H2,1-2H3/t13-,14-,17?,18?/m1/s1. The first kappa shape index (κ1) is 15.6. The number of nitrogens with zero attached hydrogens (tertiary/aromatic N) is 2. The number of amides is 1. The van der Waals surface area contributed by atoms with Crippen LogP contribution in [-0.4, -0.2) is 33.5 Å². The van der Waals surface area contributed by atoms with Gasteiger partial charge in [0, 0.05) is 18.8 Å². The fraction of sp³-hybridized carbons (Fsp3) is 0.778. The number of carbonyl (C=O) groups is 1. The Morgan fingerprint density at radius 1 is 1.39 bits per heavy atom. The molecule has 1 aromatic heterocycles. The zero-order chi connectivity index (χ0) is 16.2. The molecule has 4 aliphatic carbocycles. The van der Waals surface area contributed by atoms with E-state index in [1.165, 1.54) is 6.42 Å². The largest absolute Gasteiger partial charge is 0.390 e. The molecule has 0 unspecified atom stereocenters. The number of thiazole rings is 1. The number of aromatic nitrogens is 1. The van der Waals surface area contributed by atoms with Crippen LogP contribution in [0.3, 0.4) is 0 Å². The van der Waals surface area contributed by atoms with E-state index in [1.54, 1.807) is 11.3 Å². The Morgan fingerprint density at radius 3 is 2.65 bits per heavy atom. The molecule has 4 fully saturated rings. The number of aliphatic hydroxyl groups is 1. The number of aryl methyl sites for hydroxylation is 1. The van der Waals surface area contributed by atoms with Crippen LogP contribution in [0.4, 0.5) is 0 Å². The molecular weight excluding hydrogens is 308 g/mol. The van der Waals surface area contributed by atoms with Crippen molar-refractivity contribution >= 4 is 17.2 Å². The normalized spacial score (nSPS) is 38.0. The van der Waals surface area contributed by atoms with Crippen LogP contribution < -0.4 is 0 Å². The first-order chi connectivity index (χ1) is 10.8. The van der Waals surface area contributed by atoms with Crippen molar-refractivity contribution in [1.82, 2.24) is 9.88 Å². The van der Waals surface area contributed by atoms with E-state index in [4.69, 9.17) is 0 Å². The third-order valence-electron chi connectivity index (χ3n) is 6.17. The summed E-state index contributed by atoms with van der Waals surface area (Å²) in [4.78, 5) is 19.0. The van der Waals surface area contributed by atoms with Gasteiger partial charge in [0.05, 0.1) is 22.8 Å². The average molecular weight is 334 g/mol. The first-order valence-electron chi connectivity index (χ1n) is 8.72. The summed E-state index contributed by atoms with van der Waals surface area (Å²) in [6.45, 7) is 2.59. The van der Waals surface area contributed by atoms with Gasteiger partial charge < -0.3 is 10.0 Å². The van der Waals surface area contributed by atoms with Crippen LogP contribution in [0.1, 0.15) is 55.6 Å². The van der Waals surface area contributed by atoms with Crippen molar-refractivity contribution in [2.24, 2.45) is 17.3 Å². The van der Waals surface area contributed by atoms with Crippen molar-refractivity contribution < 1.29 is 9.90 Å². The van der Waals surface area contributed by atoms with E-state index < -0.39 is 5.60 Å². The Morgan fingerprint density at radius 2 is 2.09 bits per heavy atom. The van der Waals surface area contributed by atoms with E-state index >= 15 is 0 Å². The summed E-state index contributed by atoms with van der Waals surface area (Å²) in [5.41, 5.74) is 0.560. The highest BCUT2D eigenvalue weighted by atomic mass is 32.1. The van der Waals surface area contributed by atoms with Crippen molar-refractivity contribution in [3.63, 3.8) is 0 Å². The van der Waals surface area contributed by atoms with Gasteiger partial charge in [0.2, 0.25) is 5.91 Å². The van der Waals surface area contributed by atoms with Crippen LogP contribution >= 0.6 is 11.3 Å². The molecule has 23 heavy (non-hydrogen) atoms. The summed E-state index contributed by atoms with van der Waals surface area (Å²) in [6.07, 6.45) is 6.92. The van der Waals surface area contributed by atoms with Crippen molar-refractivity contribution in [3.05, 3.63) is 16.1 Å². The van der Waals surface area contributed by atoms with Crippen LogP contribution in [0.5, 0.6) is 0 Å². The second-order valence-corrected chi connectivity index (χ2v) is 9.53. The number of hydrogen-bond acceptors (Lipinski definition) is 4. The lowest BCUT2D eigenvalue weighted by Crippen LogP contribution is -2.56. The summed E-state index contributed by atoms with van der Waals surface area (Å²) >= 11 is 1.63. The molecule has 4 aliphatic rings. The van der Waals surface area contributed by atoms with Crippen LogP contribution in [0, 0.1) is 24.2 Å². The fourth-order valence-electron chi connectivity index (χ4n) is 5.88. The van der Waals surface area contributed by atoms with Gasteiger partial charge in [-0.15, -0.1) is 11.3 Å². The highest BCUT2D eigenvalue weighted by Crippen LogP contribution is 2.62. The van der Waals surface area contributed by atoms with Gasteiger partial charge in [0.15, 0.2) is 0 Å². The predicted molar refractivity (Wildman–Crippen MR) is 90.0 cm³/mol. The van der Waals surface area contributed by atoms with E-state index in [2.05, 4.69) is 4.98 Å². The molecule has 0 spiro atoms. The average Bonchev–Trinajstić information content (AvgIpc) is 2.80. The second-order valence-electron chi connectivity index (χ2n) is 8.47. The minimum Gasteiger partial charge on any atom is -0.390 e. The van der Waals surface area contributed by atoms with Crippen LogP contribution in [0.2, 0.25) is 0 Å². The predicted octanol–water partition coefficient (Wildman–Crippen LogP) is 3.13. The van der Waals surface area contributed by atoms with Gasteiger partial charge in [-0.3, -0.25) is 4.79 Å². The Hall–Kier alpha value is -0.940. The maximum Gasteiger partial charge on any atom is 0.223 e. The molecule has 0 aromatic carbocycles. The van der Waals surface area contributed by atoms with Gasteiger partial charge in [-0.25, -0.2) is 4.98 Å². The molecule has 0 radical (unpaired) electrons. The number of carbonyl (C=O) groups excluding carboxylic acids is 1. The van der Waals surface area contributed by atoms with Crippen molar-refractivity contribution in [1.29, 1.82) is 0 Å². The molecule has 5 heteroatoms. The zero-order valence-corrected chi connectivity index (χ0v) is 14.9. The molecule has 4 bridgehead atoms. The highest BCUT2D eigenvalue weighted by Gasteiger charge is 2.57. The molecular formula is C18H26N2O2S. The van der Waals surface area contributed by atoms with Crippen LogP contribution in [0.15, 0.2) is 5.38 Å². The molecule has 2 atom stereocenters. The Balaban J connectivity index is 1.44. The summed E-state index contributed by atoms with van der Waals surface area (Å²) in [5.74, 6) is 1.49. The van der Waals surface area contributed by atoms with E-state index in [0.717, 1.165) is 42.8 Å². The molecule has 4 nitrogen and oxygen atoms in total. The second kappa shape index (κ2) is 5.28. The summed E-state index contributed by atoms with van der Waals surface area (Å²) in [5, 5.41) is 13.9. The lowest BCUT2D eigenvalue weighted by atomic mass is 9.47. The summed E-state index contributed by atoms with van der Waals surface area (Å²) in [6, 6.07) is 0. The first-order valence-corrected chi connectivity index (χ1v) is 9.60. The molecule has 0 aliphatic heterocycles. The lowest BCUT2D eigenvalue weighted by molar-refractivity contribution is -0.171. The van der Waals surface area contributed by atoms with Gasteiger partial charge in [-0.05, 0) is 62.7 Å². The zero-order valence-electron chi connectivity index (χ0n) is 14.0. The Kier molecular flexibility index (Phi) is 3.58. The smallest absolute Gasteiger partial charge is 0.223 e. The molecule has 0 saturated heterocycles. The molecule has 1 amide bonds. The van der Waals surface area contributed by atoms with E-state index in [9.17, 15) is 9.90 Å². The maximum atomic E-state index is 12.8. The molecule has 126 valence electrons. The van der Waals surface area contributed by atoms with Crippen molar-refractivity contribution in [3.8, 4) is 0 Å². The third-order valence-corrected chi connectivity index (χ3v) is 6.99. The molecule has 1 N–H and O–H groups in total. The summed E-state index contributed by atoms with van der Waals surface area (Å²) < 4.78 is 0. The van der Waals surface area contributed by atoms with Gasteiger partial charge in [-0.2, -0.15) is 0 Å². The van der Waals surface area contributed by atoms with Gasteiger partial charge >= 0.3 is 0 Å². The Bertz CT molecular complexity index is 612. The third kappa shape index (κ3) is 2.93. The highest BCUT2D eigenvalue weighted by molar-refractivity contribution is 7.09. The van der Waals surface area contributed by atoms with E-state index in [0.29, 0.717) is 24.8 Å². The number of rotatable bonds is 4. The van der Waals surface area contributed by atoms with Crippen LogP contribution in [-0.2, 0) is 11.3 Å². The minimum atomic E-state index is -0.477. The van der Waals surface area contributed by atoms with Gasteiger partial charge in [-0.1, -0.05) is 0 Å². The molecule has 5 rings (SSSR count). The molecule has 4 saturated carbocycles.